The number of fused-ring (bicyclic) bond motifs is 1. The Hall–Kier alpha value is -3.01. The van der Waals surface area contributed by atoms with E-state index in [2.05, 4.69) is 21.3 Å². The summed E-state index contributed by atoms with van der Waals surface area (Å²) < 4.78 is 11.8. The summed E-state index contributed by atoms with van der Waals surface area (Å²) >= 11 is 0. The van der Waals surface area contributed by atoms with E-state index in [-0.39, 0.29) is 17.9 Å². The third-order valence-corrected chi connectivity index (χ3v) is 8.44. The lowest BCUT2D eigenvalue weighted by atomic mass is 9.85. The Labute approximate surface area is 216 Å². The number of carbonyl (C=O) groups excluding carboxylic acids is 2. The van der Waals surface area contributed by atoms with Crippen LogP contribution in [0.1, 0.15) is 67.4 Å². The Kier molecular flexibility index (Phi) is 6.60. The second kappa shape index (κ2) is 10.0. The molecule has 6 rings (SSSR count). The topological polar surface area (TPSA) is 104 Å². The lowest BCUT2D eigenvalue weighted by Crippen LogP contribution is -2.57. The van der Waals surface area contributed by atoms with Crippen LogP contribution < -0.4 is 14.8 Å². The lowest BCUT2D eigenvalue weighted by Gasteiger charge is -2.48. The van der Waals surface area contributed by atoms with E-state index in [1.54, 1.807) is 12.0 Å². The number of aromatic nitrogens is 1. The largest absolute Gasteiger partial charge is 0.489 e. The number of imide groups is 1. The van der Waals surface area contributed by atoms with Crippen LogP contribution in [0, 0.1) is 0 Å². The van der Waals surface area contributed by atoms with Gasteiger partial charge in [0, 0.05) is 55.8 Å². The maximum atomic E-state index is 12.4. The summed E-state index contributed by atoms with van der Waals surface area (Å²) in [6.45, 7) is 2.48. The average molecular weight is 507 g/mol. The summed E-state index contributed by atoms with van der Waals surface area (Å²) in [7, 11) is 1.63. The monoisotopic (exact) mass is 506 g/mol. The first-order valence-electron chi connectivity index (χ1n) is 13.3. The van der Waals surface area contributed by atoms with Crippen LogP contribution >= 0.6 is 0 Å². The van der Waals surface area contributed by atoms with Crippen LogP contribution in [0.2, 0.25) is 0 Å². The minimum atomic E-state index is -0.860. The quantitative estimate of drug-likeness (QED) is 0.576. The number of carbonyl (C=O) groups is 2. The molecule has 0 spiro atoms. The van der Waals surface area contributed by atoms with Gasteiger partial charge in [-0.25, -0.2) is 4.98 Å². The SMILES string of the molecule is COc1ccc(C2CN([C@H]3CCCC[C@@H]3Oc3ccc4c(c3)CN(C3CCC(=O)NC3=O)C4O)C2)cn1. The Bertz CT molecular complexity index is 1170. The summed E-state index contributed by atoms with van der Waals surface area (Å²) in [6, 6.07) is 9.77. The molecule has 2 amide bonds. The fourth-order valence-corrected chi connectivity index (χ4v) is 6.34. The highest BCUT2D eigenvalue weighted by atomic mass is 16.5. The zero-order valence-electron chi connectivity index (χ0n) is 21.1. The molecule has 2 unspecified atom stereocenters. The molecule has 1 aromatic carbocycles. The van der Waals surface area contributed by atoms with Crippen LogP contribution in [-0.2, 0) is 16.1 Å². The molecule has 2 N–H and O–H groups in total. The van der Waals surface area contributed by atoms with Gasteiger partial charge in [0.15, 0.2) is 0 Å². The molecule has 37 heavy (non-hydrogen) atoms. The predicted molar refractivity (Wildman–Crippen MR) is 135 cm³/mol. The molecule has 0 bridgehead atoms. The van der Waals surface area contributed by atoms with Crippen molar-refractivity contribution in [2.45, 2.75) is 75.4 Å². The van der Waals surface area contributed by atoms with Gasteiger partial charge in [0.05, 0.1) is 13.2 Å². The van der Waals surface area contributed by atoms with Crippen molar-refractivity contribution < 1.29 is 24.2 Å². The highest BCUT2D eigenvalue weighted by molar-refractivity contribution is 6.00. The number of benzene rings is 1. The van der Waals surface area contributed by atoms with Gasteiger partial charge in [-0.15, -0.1) is 0 Å². The smallest absolute Gasteiger partial charge is 0.244 e. The zero-order valence-corrected chi connectivity index (χ0v) is 21.1. The van der Waals surface area contributed by atoms with Gasteiger partial charge in [0.1, 0.15) is 18.1 Å². The first-order chi connectivity index (χ1) is 18.0. The molecule has 2 aromatic rings. The van der Waals surface area contributed by atoms with E-state index >= 15 is 0 Å². The van der Waals surface area contributed by atoms with Crippen molar-refractivity contribution in [1.82, 2.24) is 20.1 Å². The highest BCUT2D eigenvalue weighted by Gasteiger charge is 2.41. The standard InChI is InChI=1S/C28H34N4O5/c1-36-26-11-6-17(13-29-26)19-14-31(15-19)22-4-2-3-5-24(22)37-20-7-8-21-18(12-20)16-32(28(21)35)23-9-10-25(33)30-27(23)34/h6-8,11-13,19,22-24,28,35H,2-5,9-10,14-16H2,1H3,(H,30,33,34)/t22-,23?,24-,28?/m0/s1. The van der Waals surface area contributed by atoms with E-state index in [0.717, 1.165) is 49.2 Å². The first kappa shape index (κ1) is 24.3. The second-order valence-corrected chi connectivity index (χ2v) is 10.7. The predicted octanol–water partition coefficient (Wildman–Crippen LogP) is 2.49. The number of nitrogens with one attached hydrogen (secondary N) is 1. The number of hydrogen-bond acceptors (Lipinski definition) is 8. The first-order valence-corrected chi connectivity index (χ1v) is 13.3. The van der Waals surface area contributed by atoms with E-state index in [1.165, 1.54) is 12.0 Å². The van der Waals surface area contributed by atoms with Gasteiger partial charge < -0.3 is 14.6 Å². The van der Waals surface area contributed by atoms with Crippen molar-refractivity contribution in [1.29, 1.82) is 0 Å². The number of likely N-dealkylation sites (tertiary alicyclic amines) is 1. The molecule has 196 valence electrons. The maximum Gasteiger partial charge on any atom is 0.244 e. The van der Waals surface area contributed by atoms with Crippen molar-refractivity contribution in [2.24, 2.45) is 0 Å². The van der Waals surface area contributed by atoms with Crippen LogP contribution in [0.15, 0.2) is 36.5 Å². The number of ether oxygens (including phenoxy) is 2. The number of aliphatic hydroxyl groups is 1. The van der Waals surface area contributed by atoms with Gasteiger partial charge in [-0.2, -0.15) is 0 Å². The zero-order chi connectivity index (χ0) is 25.5. The van der Waals surface area contributed by atoms with E-state index in [1.807, 2.05) is 30.5 Å². The van der Waals surface area contributed by atoms with Gasteiger partial charge in [0.2, 0.25) is 17.7 Å². The molecule has 9 nitrogen and oxygen atoms in total. The number of rotatable bonds is 6. The Morgan fingerprint density at radius 2 is 1.92 bits per heavy atom. The van der Waals surface area contributed by atoms with Crippen LogP contribution in [-0.4, -0.2) is 70.1 Å². The van der Waals surface area contributed by atoms with E-state index in [9.17, 15) is 14.7 Å². The van der Waals surface area contributed by atoms with E-state index in [4.69, 9.17) is 9.47 Å². The molecule has 2 saturated heterocycles. The summed E-state index contributed by atoms with van der Waals surface area (Å²) in [4.78, 5) is 32.6. The van der Waals surface area contributed by atoms with Gasteiger partial charge in [-0.05, 0) is 48.9 Å². The molecule has 9 heteroatoms. The van der Waals surface area contributed by atoms with Gasteiger partial charge in [-0.1, -0.05) is 18.6 Å². The normalized spacial score (nSPS) is 28.9. The van der Waals surface area contributed by atoms with Crippen LogP contribution in [0.4, 0.5) is 0 Å². The average Bonchev–Trinajstić information content (AvgIpc) is 3.20. The summed E-state index contributed by atoms with van der Waals surface area (Å²) in [6.07, 6.45) is 6.43. The summed E-state index contributed by atoms with van der Waals surface area (Å²) in [5.41, 5.74) is 3.03. The molecule has 4 heterocycles. The van der Waals surface area contributed by atoms with E-state index in [0.29, 0.717) is 37.2 Å². The molecular formula is C28H34N4O5. The molecule has 4 aliphatic rings. The minimum absolute atomic E-state index is 0.124. The van der Waals surface area contributed by atoms with Crippen LogP contribution in [0.25, 0.3) is 0 Å². The second-order valence-electron chi connectivity index (χ2n) is 10.7. The lowest BCUT2D eigenvalue weighted by molar-refractivity contribution is -0.141. The molecule has 3 aliphatic heterocycles. The van der Waals surface area contributed by atoms with Gasteiger partial charge in [0.25, 0.3) is 0 Å². The van der Waals surface area contributed by atoms with Gasteiger partial charge in [-0.3, -0.25) is 24.7 Å². The number of methoxy groups -OCH3 is 1. The molecule has 3 fully saturated rings. The molecule has 4 atom stereocenters. The third kappa shape index (κ3) is 4.71. The number of nitrogens with zero attached hydrogens (tertiary/aromatic N) is 3. The van der Waals surface area contributed by atoms with Crippen molar-refractivity contribution in [3.63, 3.8) is 0 Å². The van der Waals surface area contributed by atoms with Crippen molar-refractivity contribution >= 4 is 11.8 Å². The number of piperidine rings is 1. The molecular weight excluding hydrogens is 472 g/mol. The summed E-state index contributed by atoms with van der Waals surface area (Å²) in [5.74, 6) is 1.36. The fraction of sp³-hybridized carbons (Fsp3) is 0.536. The Morgan fingerprint density at radius 1 is 1.08 bits per heavy atom. The summed E-state index contributed by atoms with van der Waals surface area (Å²) in [5, 5.41) is 13.3. The third-order valence-electron chi connectivity index (χ3n) is 8.44. The molecule has 1 aliphatic carbocycles. The number of amides is 2. The minimum Gasteiger partial charge on any atom is -0.489 e. The van der Waals surface area contributed by atoms with Crippen LogP contribution in [0.3, 0.4) is 0 Å². The Balaban J connectivity index is 1.10. The molecule has 0 radical (unpaired) electrons. The fourth-order valence-electron chi connectivity index (χ4n) is 6.34. The number of aliphatic hydroxyl groups excluding tert-OH is 1. The van der Waals surface area contributed by atoms with Gasteiger partial charge >= 0.3 is 0 Å². The highest BCUT2D eigenvalue weighted by Crippen LogP contribution is 2.39. The van der Waals surface area contributed by atoms with Crippen LogP contribution in [0.5, 0.6) is 11.6 Å². The Morgan fingerprint density at radius 3 is 2.68 bits per heavy atom. The molecule has 1 aromatic heterocycles. The van der Waals surface area contributed by atoms with E-state index < -0.39 is 12.3 Å². The molecule has 1 saturated carbocycles. The number of pyridine rings is 1. The van der Waals surface area contributed by atoms with Crippen molar-refractivity contribution in [3.8, 4) is 11.6 Å². The van der Waals surface area contributed by atoms with Crippen molar-refractivity contribution in [3.05, 3.63) is 53.2 Å². The van der Waals surface area contributed by atoms with Crippen molar-refractivity contribution in [2.75, 3.05) is 20.2 Å². The maximum absolute atomic E-state index is 12.4. The number of hydrogen-bond donors (Lipinski definition) is 2.